The minimum absolute atomic E-state index is 0.498. The molecular formula is C9H10N4O. The van der Waals surface area contributed by atoms with Gasteiger partial charge in [-0.25, -0.2) is 4.98 Å². The van der Waals surface area contributed by atoms with Crippen LogP contribution in [0, 0.1) is 0 Å². The SMILES string of the molecule is CN=c1ccc(N)c2n(O)cncc1-2. The lowest BCUT2D eigenvalue weighted by molar-refractivity contribution is 0.185. The molecule has 1 heterocycles. The van der Waals surface area contributed by atoms with Crippen LogP contribution in [0.25, 0.3) is 11.3 Å². The van der Waals surface area contributed by atoms with Crippen LogP contribution in [0.2, 0.25) is 0 Å². The third-order valence-corrected chi connectivity index (χ3v) is 2.07. The molecule has 0 saturated heterocycles. The topological polar surface area (TPSA) is 76.4 Å². The summed E-state index contributed by atoms with van der Waals surface area (Å²) >= 11 is 0. The first-order valence-corrected chi connectivity index (χ1v) is 4.11. The van der Waals surface area contributed by atoms with E-state index < -0.39 is 0 Å². The van der Waals surface area contributed by atoms with Gasteiger partial charge in [-0.15, -0.1) is 0 Å². The molecule has 2 aliphatic rings. The molecule has 0 unspecified atom stereocenters. The summed E-state index contributed by atoms with van der Waals surface area (Å²) in [5.74, 6) is 0. The Balaban J connectivity index is 2.95. The molecule has 0 aromatic heterocycles. The molecule has 1 aliphatic heterocycles. The van der Waals surface area contributed by atoms with Crippen molar-refractivity contribution in [3.05, 3.63) is 30.0 Å². The lowest BCUT2D eigenvalue weighted by atomic mass is 10.1. The molecule has 0 aromatic rings. The molecule has 0 atom stereocenters. The Morgan fingerprint density at radius 1 is 1.50 bits per heavy atom. The van der Waals surface area contributed by atoms with Gasteiger partial charge in [0.2, 0.25) is 0 Å². The molecule has 72 valence electrons. The summed E-state index contributed by atoms with van der Waals surface area (Å²) in [4.78, 5) is 7.92. The molecule has 0 bridgehead atoms. The predicted molar refractivity (Wildman–Crippen MR) is 51.9 cm³/mol. The van der Waals surface area contributed by atoms with Crippen LogP contribution in [0.5, 0.6) is 0 Å². The lowest BCUT2D eigenvalue weighted by Gasteiger charge is -2.11. The number of hydrogen-bond acceptors (Lipinski definition) is 4. The molecule has 2 rings (SSSR count). The van der Waals surface area contributed by atoms with E-state index in [0.717, 1.165) is 15.7 Å². The largest absolute Gasteiger partial charge is 0.427 e. The standard InChI is InChI=1S/C9H10N4O/c1-11-8-3-2-7(10)9-6(8)4-12-5-13(9)14/h2-5,14H,10H2,1H3. The van der Waals surface area contributed by atoms with Crippen molar-refractivity contribution in [2.45, 2.75) is 0 Å². The summed E-state index contributed by atoms with van der Waals surface area (Å²) < 4.78 is 0.902. The highest BCUT2D eigenvalue weighted by Crippen LogP contribution is 2.21. The maximum absolute atomic E-state index is 9.50. The van der Waals surface area contributed by atoms with Gasteiger partial charge in [-0.05, 0) is 12.1 Å². The van der Waals surface area contributed by atoms with Gasteiger partial charge in [0.1, 0.15) is 12.0 Å². The van der Waals surface area contributed by atoms with Crippen LogP contribution in [0.3, 0.4) is 0 Å². The molecule has 0 amide bonds. The number of nitrogens with zero attached hydrogens (tertiary/aromatic N) is 3. The number of nitrogen functional groups attached to an aromatic ring is 1. The molecule has 5 nitrogen and oxygen atoms in total. The third-order valence-electron chi connectivity index (χ3n) is 2.07. The van der Waals surface area contributed by atoms with E-state index in [2.05, 4.69) is 9.98 Å². The van der Waals surface area contributed by atoms with E-state index in [9.17, 15) is 5.21 Å². The summed E-state index contributed by atoms with van der Waals surface area (Å²) in [6, 6.07) is 3.50. The van der Waals surface area contributed by atoms with E-state index in [1.54, 1.807) is 25.4 Å². The molecular weight excluding hydrogens is 180 g/mol. The Bertz CT molecular complexity index is 503. The van der Waals surface area contributed by atoms with Gasteiger partial charge in [-0.3, -0.25) is 4.99 Å². The molecule has 0 saturated carbocycles. The first-order chi connectivity index (χ1) is 6.74. The maximum Gasteiger partial charge on any atom is 0.132 e. The fourth-order valence-electron chi connectivity index (χ4n) is 1.42. The van der Waals surface area contributed by atoms with Gasteiger partial charge in [0.25, 0.3) is 0 Å². The Morgan fingerprint density at radius 3 is 3.00 bits per heavy atom. The summed E-state index contributed by atoms with van der Waals surface area (Å²) in [6.07, 6.45) is 2.92. The van der Waals surface area contributed by atoms with Crippen molar-refractivity contribution < 1.29 is 5.21 Å². The van der Waals surface area contributed by atoms with Crippen LogP contribution >= 0.6 is 0 Å². The fourth-order valence-corrected chi connectivity index (χ4v) is 1.42. The normalized spacial score (nSPS) is 12.2. The van der Waals surface area contributed by atoms with Crippen LogP contribution < -0.4 is 11.1 Å². The van der Waals surface area contributed by atoms with Crippen molar-refractivity contribution in [2.24, 2.45) is 4.99 Å². The number of anilines is 1. The third kappa shape index (κ3) is 1.10. The quantitative estimate of drug-likeness (QED) is 0.464. The van der Waals surface area contributed by atoms with Gasteiger partial charge in [-0.1, -0.05) is 0 Å². The summed E-state index contributed by atoms with van der Waals surface area (Å²) in [5, 5.41) is 10.3. The predicted octanol–water partition coefficient (Wildman–Crippen LogP) is 0.338. The van der Waals surface area contributed by atoms with Gasteiger partial charge < -0.3 is 10.9 Å². The van der Waals surface area contributed by atoms with Crippen LogP contribution in [0.1, 0.15) is 0 Å². The lowest BCUT2D eigenvalue weighted by Crippen LogP contribution is -2.14. The Kier molecular flexibility index (Phi) is 1.85. The Hall–Kier alpha value is -2.04. The monoisotopic (exact) mass is 190 g/mol. The number of hydrogen-bond donors (Lipinski definition) is 2. The first kappa shape index (κ1) is 8.55. The molecule has 1 aliphatic carbocycles. The second kappa shape index (κ2) is 3.02. The zero-order valence-electron chi connectivity index (χ0n) is 7.68. The highest BCUT2D eigenvalue weighted by Gasteiger charge is 2.11. The average Bonchev–Trinajstić information content (AvgIpc) is 2.18. The molecule has 3 N–H and O–H groups in total. The second-order valence-electron chi connectivity index (χ2n) is 2.90. The van der Waals surface area contributed by atoms with E-state index in [4.69, 9.17) is 5.73 Å². The van der Waals surface area contributed by atoms with Gasteiger partial charge in [0.05, 0.1) is 11.0 Å². The van der Waals surface area contributed by atoms with Crippen molar-refractivity contribution in [3.8, 4) is 11.3 Å². The number of benzene rings is 1. The van der Waals surface area contributed by atoms with Crippen LogP contribution in [0.4, 0.5) is 5.69 Å². The Labute approximate surface area is 80.5 Å². The molecule has 0 aromatic carbocycles. The second-order valence-corrected chi connectivity index (χ2v) is 2.90. The zero-order chi connectivity index (χ0) is 10.1. The summed E-state index contributed by atoms with van der Waals surface area (Å²) in [7, 11) is 1.68. The fraction of sp³-hybridized carbons (Fsp3) is 0.111. The van der Waals surface area contributed by atoms with Crippen LogP contribution in [-0.2, 0) is 0 Å². The number of rotatable bonds is 0. The van der Waals surface area contributed by atoms with E-state index in [0.29, 0.717) is 11.4 Å². The maximum atomic E-state index is 9.50. The highest BCUT2D eigenvalue weighted by molar-refractivity contribution is 5.72. The Morgan fingerprint density at radius 2 is 2.29 bits per heavy atom. The smallest absolute Gasteiger partial charge is 0.132 e. The zero-order valence-corrected chi connectivity index (χ0v) is 7.68. The summed E-state index contributed by atoms with van der Waals surface area (Å²) in [6.45, 7) is 0. The van der Waals surface area contributed by atoms with E-state index in [-0.39, 0.29) is 0 Å². The summed E-state index contributed by atoms with van der Waals surface area (Å²) in [5.41, 5.74) is 7.49. The number of fused-ring (bicyclic) bond motifs is 1. The molecule has 0 radical (unpaired) electrons. The molecule has 0 fully saturated rings. The van der Waals surface area contributed by atoms with Gasteiger partial charge in [0.15, 0.2) is 0 Å². The van der Waals surface area contributed by atoms with E-state index >= 15 is 0 Å². The van der Waals surface area contributed by atoms with E-state index in [1.807, 2.05) is 0 Å². The molecule has 0 spiro atoms. The minimum atomic E-state index is 0.498. The molecule has 5 heteroatoms. The van der Waals surface area contributed by atoms with Crippen molar-refractivity contribution in [1.29, 1.82) is 0 Å². The van der Waals surface area contributed by atoms with Crippen molar-refractivity contribution in [2.75, 3.05) is 12.8 Å². The van der Waals surface area contributed by atoms with Crippen LogP contribution in [-0.4, -0.2) is 22.0 Å². The van der Waals surface area contributed by atoms with Gasteiger partial charge in [-0.2, -0.15) is 4.73 Å². The highest BCUT2D eigenvalue weighted by atomic mass is 16.5. The minimum Gasteiger partial charge on any atom is -0.427 e. The van der Waals surface area contributed by atoms with Crippen molar-refractivity contribution in [1.82, 2.24) is 9.71 Å². The van der Waals surface area contributed by atoms with Gasteiger partial charge in [0, 0.05) is 18.8 Å². The average molecular weight is 190 g/mol. The van der Waals surface area contributed by atoms with Gasteiger partial charge >= 0.3 is 0 Å². The number of nitrogens with two attached hydrogens (primary N) is 1. The van der Waals surface area contributed by atoms with Crippen LogP contribution in [0.15, 0.2) is 29.6 Å². The number of aromatic nitrogens is 2. The van der Waals surface area contributed by atoms with E-state index in [1.165, 1.54) is 6.33 Å². The molecule has 14 heavy (non-hydrogen) atoms. The first-order valence-electron chi connectivity index (χ1n) is 4.11. The van der Waals surface area contributed by atoms with Crippen molar-refractivity contribution >= 4 is 5.69 Å². The van der Waals surface area contributed by atoms with Crippen molar-refractivity contribution in [3.63, 3.8) is 0 Å².